The second kappa shape index (κ2) is 6.49. The van der Waals surface area contributed by atoms with Gasteiger partial charge in [0, 0.05) is 26.2 Å². The van der Waals surface area contributed by atoms with E-state index < -0.39 is 6.17 Å². The van der Waals surface area contributed by atoms with Gasteiger partial charge in [-0.1, -0.05) is 0 Å². The van der Waals surface area contributed by atoms with Crippen LogP contribution in [0.3, 0.4) is 0 Å². The lowest BCUT2D eigenvalue weighted by Gasteiger charge is -2.14. The van der Waals surface area contributed by atoms with Gasteiger partial charge in [-0.15, -0.1) is 0 Å². The van der Waals surface area contributed by atoms with Gasteiger partial charge in [0.1, 0.15) is 18.3 Å². The smallest absolute Gasteiger partial charge is 0.274 e. The fourth-order valence-electron chi connectivity index (χ4n) is 3.16. The summed E-state index contributed by atoms with van der Waals surface area (Å²) in [5, 5.41) is 10.0. The number of alkyl halides is 1. The number of hydrogen-bond acceptors (Lipinski definition) is 5. The molecule has 1 aliphatic rings. The second-order valence-electron chi connectivity index (χ2n) is 6.69. The molecule has 1 aliphatic heterocycles. The number of imidazole rings is 1. The van der Waals surface area contributed by atoms with E-state index in [1.54, 1.807) is 13.4 Å². The minimum absolute atomic E-state index is 0.184. The van der Waals surface area contributed by atoms with Gasteiger partial charge in [0.15, 0.2) is 11.5 Å². The van der Waals surface area contributed by atoms with Crippen LogP contribution in [0.4, 0.5) is 4.39 Å². The quantitative estimate of drug-likeness (QED) is 0.737. The maximum absolute atomic E-state index is 13.3. The van der Waals surface area contributed by atoms with E-state index in [9.17, 15) is 9.18 Å². The molecule has 0 aliphatic carbocycles. The third kappa shape index (κ3) is 3.05. The number of nitrogens with zero attached hydrogens (tertiary/aromatic N) is 5. The molecule has 136 valence electrons. The van der Waals surface area contributed by atoms with Crippen LogP contribution < -0.4 is 5.32 Å². The Morgan fingerprint density at radius 2 is 2.35 bits per heavy atom. The van der Waals surface area contributed by atoms with Gasteiger partial charge in [-0.3, -0.25) is 9.89 Å². The summed E-state index contributed by atoms with van der Waals surface area (Å²) >= 11 is 0. The van der Waals surface area contributed by atoms with E-state index in [0.717, 1.165) is 11.1 Å². The number of aromatic amines is 1. The number of H-pyrrole nitrogens is 1. The number of fused-ring (bicyclic) bond motifs is 1. The first-order valence-corrected chi connectivity index (χ1v) is 8.48. The lowest BCUT2D eigenvalue weighted by atomic mass is 10.2. The molecule has 0 bridgehead atoms. The average Bonchev–Trinajstić information content (AvgIpc) is 3.33. The van der Waals surface area contributed by atoms with Gasteiger partial charge < -0.3 is 14.6 Å². The minimum Gasteiger partial charge on any atom is -0.333 e. The molecule has 1 fully saturated rings. The van der Waals surface area contributed by atoms with Crippen molar-refractivity contribution in [1.82, 2.24) is 34.8 Å². The first-order valence-electron chi connectivity index (χ1n) is 8.48. The zero-order valence-electron chi connectivity index (χ0n) is 14.6. The van der Waals surface area contributed by atoms with Crippen molar-refractivity contribution in [2.45, 2.75) is 32.1 Å². The Kier molecular flexibility index (Phi) is 4.15. The van der Waals surface area contributed by atoms with Crippen molar-refractivity contribution in [2.75, 3.05) is 13.6 Å². The Morgan fingerprint density at radius 1 is 1.50 bits per heavy atom. The molecule has 0 saturated carbocycles. The van der Waals surface area contributed by atoms with Gasteiger partial charge in [0.25, 0.3) is 5.91 Å². The molecule has 0 unspecified atom stereocenters. The molecule has 8 nitrogen and oxygen atoms in total. The summed E-state index contributed by atoms with van der Waals surface area (Å²) < 4.78 is 15.1. The Hall–Kier alpha value is -2.81. The highest BCUT2D eigenvalue weighted by molar-refractivity contribution is 5.98. The number of hydrogen-bond donors (Lipinski definition) is 2. The molecule has 1 saturated heterocycles. The first-order chi connectivity index (χ1) is 12.5. The number of pyridine rings is 1. The van der Waals surface area contributed by atoms with E-state index in [0.29, 0.717) is 30.3 Å². The molecule has 0 aromatic carbocycles. The molecule has 3 aromatic heterocycles. The maximum atomic E-state index is 13.3. The molecule has 2 atom stereocenters. The Bertz CT molecular complexity index is 950. The number of aromatic nitrogens is 5. The van der Waals surface area contributed by atoms with Crippen molar-refractivity contribution >= 4 is 11.4 Å². The standard InChI is InChI=1S/C17H20FN7O/c1-10-3-4-25-9-20-15(13(25)5-10)17(26)24(2)8-14-21-16(23-22-14)12-6-11(18)7-19-12/h3-5,9,11-12,19H,6-8H2,1-2H3,(H,21,22,23)/t11-,12+/m0/s1. The van der Waals surface area contributed by atoms with Crippen molar-refractivity contribution in [3.8, 4) is 0 Å². The van der Waals surface area contributed by atoms with Gasteiger partial charge in [-0.05, 0) is 24.6 Å². The molecule has 9 heteroatoms. The lowest BCUT2D eigenvalue weighted by molar-refractivity contribution is 0.0778. The molecule has 4 heterocycles. The molecular formula is C17H20FN7O. The van der Waals surface area contributed by atoms with Crippen molar-refractivity contribution < 1.29 is 9.18 Å². The molecule has 0 radical (unpaired) electrons. The van der Waals surface area contributed by atoms with Crippen LogP contribution in [0.1, 0.15) is 40.2 Å². The predicted molar refractivity (Wildman–Crippen MR) is 92.4 cm³/mol. The number of halogens is 1. The summed E-state index contributed by atoms with van der Waals surface area (Å²) in [6.07, 6.45) is 3.00. The van der Waals surface area contributed by atoms with E-state index in [1.165, 1.54) is 4.90 Å². The zero-order valence-corrected chi connectivity index (χ0v) is 14.6. The summed E-state index contributed by atoms with van der Waals surface area (Å²) in [6.45, 7) is 2.56. The third-order valence-corrected chi connectivity index (χ3v) is 4.57. The van der Waals surface area contributed by atoms with E-state index in [1.807, 2.05) is 29.7 Å². The van der Waals surface area contributed by atoms with E-state index in [-0.39, 0.29) is 18.5 Å². The van der Waals surface area contributed by atoms with Crippen LogP contribution in [-0.4, -0.2) is 55.1 Å². The predicted octanol–water partition coefficient (Wildman–Crippen LogP) is 1.41. The highest BCUT2D eigenvalue weighted by Gasteiger charge is 2.28. The topological polar surface area (TPSA) is 91.2 Å². The monoisotopic (exact) mass is 357 g/mol. The highest BCUT2D eigenvalue weighted by atomic mass is 19.1. The molecule has 1 amide bonds. The first kappa shape index (κ1) is 16.6. The van der Waals surface area contributed by atoms with Crippen molar-refractivity contribution in [2.24, 2.45) is 0 Å². The molecule has 3 aromatic rings. The maximum Gasteiger partial charge on any atom is 0.274 e. The van der Waals surface area contributed by atoms with Crippen LogP contribution in [-0.2, 0) is 6.54 Å². The molecule has 26 heavy (non-hydrogen) atoms. The fourth-order valence-corrected chi connectivity index (χ4v) is 3.16. The normalized spacial score (nSPS) is 20.0. The van der Waals surface area contributed by atoms with Gasteiger partial charge >= 0.3 is 0 Å². The van der Waals surface area contributed by atoms with Crippen LogP contribution in [0.5, 0.6) is 0 Å². The van der Waals surface area contributed by atoms with E-state index in [4.69, 9.17) is 0 Å². The van der Waals surface area contributed by atoms with Crippen LogP contribution in [0.2, 0.25) is 0 Å². The number of aryl methyl sites for hydroxylation is 1. The van der Waals surface area contributed by atoms with Gasteiger partial charge in [-0.25, -0.2) is 14.4 Å². The van der Waals surface area contributed by atoms with Crippen molar-refractivity contribution in [1.29, 1.82) is 0 Å². The zero-order chi connectivity index (χ0) is 18.3. The molecule has 2 N–H and O–H groups in total. The van der Waals surface area contributed by atoms with Crippen LogP contribution in [0.25, 0.3) is 5.52 Å². The Balaban J connectivity index is 1.49. The van der Waals surface area contributed by atoms with Crippen LogP contribution >= 0.6 is 0 Å². The minimum atomic E-state index is -0.871. The molecule has 0 spiro atoms. The van der Waals surface area contributed by atoms with Crippen LogP contribution in [0.15, 0.2) is 24.7 Å². The SMILES string of the molecule is Cc1ccn2cnc(C(=O)N(C)Cc3nc([C@H]4C[C@H](F)CN4)n[nH]3)c2c1. The number of carbonyl (C=O) groups is 1. The van der Waals surface area contributed by atoms with Gasteiger partial charge in [0.05, 0.1) is 18.1 Å². The number of amides is 1. The number of rotatable bonds is 4. The van der Waals surface area contributed by atoms with E-state index >= 15 is 0 Å². The fraction of sp³-hybridized carbons (Fsp3) is 0.412. The lowest BCUT2D eigenvalue weighted by Crippen LogP contribution is -2.27. The molecular weight excluding hydrogens is 337 g/mol. The third-order valence-electron chi connectivity index (χ3n) is 4.57. The summed E-state index contributed by atoms with van der Waals surface area (Å²) in [7, 11) is 1.69. The Morgan fingerprint density at radius 3 is 3.12 bits per heavy atom. The largest absolute Gasteiger partial charge is 0.333 e. The van der Waals surface area contributed by atoms with Gasteiger partial charge in [-0.2, -0.15) is 5.10 Å². The Labute approximate surface area is 149 Å². The number of carbonyl (C=O) groups excluding carboxylic acids is 1. The van der Waals surface area contributed by atoms with Crippen LogP contribution in [0, 0.1) is 6.92 Å². The van der Waals surface area contributed by atoms with E-state index in [2.05, 4.69) is 25.5 Å². The summed E-state index contributed by atoms with van der Waals surface area (Å²) in [5.74, 6) is 0.891. The van der Waals surface area contributed by atoms with Crippen molar-refractivity contribution in [3.05, 3.63) is 47.6 Å². The number of nitrogens with one attached hydrogen (secondary N) is 2. The molecule has 4 rings (SSSR count). The van der Waals surface area contributed by atoms with Crippen molar-refractivity contribution in [3.63, 3.8) is 0 Å². The summed E-state index contributed by atoms with van der Waals surface area (Å²) in [4.78, 5) is 22.9. The summed E-state index contributed by atoms with van der Waals surface area (Å²) in [6, 6.07) is 3.71. The summed E-state index contributed by atoms with van der Waals surface area (Å²) in [5.41, 5.74) is 2.22. The highest BCUT2D eigenvalue weighted by Crippen LogP contribution is 2.22. The second-order valence-corrected chi connectivity index (χ2v) is 6.69. The van der Waals surface area contributed by atoms with Gasteiger partial charge in [0.2, 0.25) is 0 Å². The average molecular weight is 357 g/mol.